The molecule has 26 heavy (non-hydrogen) atoms. The molecule has 2 amide bonds. The normalized spacial score (nSPS) is 21.2. The zero-order valence-electron chi connectivity index (χ0n) is 14.3. The van der Waals surface area contributed by atoms with Crippen molar-refractivity contribution in [3.8, 4) is 5.75 Å². The quantitative estimate of drug-likeness (QED) is 0.899. The van der Waals surface area contributed by atoms with E-state index in [9.17, 15) is 9.59 Å². The second kappa shape index (κ2) is 7.41. The minimum absolute atomic E-state index is 0.105. The van der Waals surface area contributed by atoms with Gasteiger partial charge in [-0.2, -0.15) is 0 Å². The van der Waals surface area contributed by atoms with Crippen molar-refractivity contribution in [2.24, 2.45) is 0 Å². The summed E-state index contributed by atoms with van der Waals surface area (Å²) in [6, 6.07) is 17.0. The van der Waals surface area contributed by atoms with Crippen LogP contribution in [0, 0.1) is 0 Å². The third-order valence-corrected chi connectivity index (χ3v) is 5.71. The van der Waals surface area contributed by atoms with Crippen LogP contribution in [0.1, 0.15) is 11.1 Å². The van der Waals surface area contributed by atoms with Crippen molar-refractivity contribution >= 4 is 23.6 Å². The minimum atomic E-state index is -0.532. The number of fused-ring (bicyclic) bond motifs is 1. The molecule has 2 atom stereocenters. The summed E-state index contributed by atoms with van der Waals surface area (Å²) in [7, 11) is 0. The molecule has 0 spiro atoms. The van der Waals surface area contributed by atoms with Crippen LogP contribution in [0.15, 0.2) is 54.6 Å². The number of nitrogens with one attached hydrogen (secondary N) is 1. The van der Waals surface area contributed by atoms with Crippen molar-refractivity contribution < 1.29 is 14.3 Å². The number of thioether (sulfide) groups is 1. The van der Waals surface area contributed by atoms with Crippen LogP contribution in [0.5, 0.6) is 5.75 Å². The maximum atomic E-state index is 12.9. The minimum Gasteiger partial charge on any atom is -0.480 e. The Morgan fingerprint density at radius 1 is 1.12 bits per heavy atom. The highest BCUT2D eigenvalue weighted by Gasteiger charge is 2.40. The second-order valence-corrected chi connectivity index (χ2v) is 7.45. The average molecular weight is 368 g/mol. The molecule has 0 aliphatic carbocycles. The molecule has 0 saturated carbocycles. The smallest absolute Gasteiger partial charge is 0.265 e. The molecular formula is C20H20N2O3S. The molecule has 5 nitrogen and oxygen atoms in total. The van der Waals surface area contributed by atoms with Gasteiger partial charge in [-0.25, -0.2) is 0 Å². The van der Waals surface area contributed by atoms with Gasteiger partial charge in [0.1, 0.15) is 11.8 Å². The molecule has 134 valence electrons. The third kappa shape index (κ3) is 3.42. The predicted octanol–water partition coefficient (Wildman–Crippen LogP) is 2.21. The van der Waals surface area contributed by atoms with E-state index in [1.54, 1.807) is 16.7 Å². The highest BCUT2D eigenvalue weighted by atomic mass is 32.2. The van der Waals surface area contributed by atoms with Crippen LogP contribution in [-0.4, -0.2) is 40.5 Å². The molecule has 2 aliphatic heterocycles. The van der Waals surface area contributed by atoms with E-state index in [0.29, 0.717) is 24.6 Å². The number of carbonyl (C=O) groups is 2. The summed E-state index contributed by atoms with van der Waals surface area (Å²) in [4.78, 5) is 27.2. The Bertz CT molecular complexity index is 787. The standard InChI is InChI=1S/C20H20N2O3S/c23-19(21-11-14-6-2-1-3-7-14)16-12-26-13-22(16)20(24)18-10-15-8-4-5-9-17(15)25-18/h1-9,16,18H,10-13H2,(H,21,23)/t16-,18-/m0/s1. The van der Waals surface area contributed by atoms with Crippen LogP contribution >= 0.6 is 11.8 Å². The summed E-state index contributed by atoms with van der Waals surface area (Å²) >= 11 is 1.60. The van der Waals surface area contributed by atoms with Gasteiger partial charge in [-0.15, -0.1) is 11.8 Å². The number of benzene rings is 2. The number of ether oxygens (including phenoxy) is 1. The lowest BCUT2D eigenvalue weighted by molar-refractivity contribution is -0.143. The van der Waals surface area contributed by atoms with E-state index in [1.165, 1.54) is 0 Å². The van der Waals surface area contributed by atoms with Gasteiger partial charge >= 0.3 is 0 Å². The fourth-order valence-corrected chi connectivity index (χ4v) is 4.45. The number of rotatable bonds is 4. The molecule has 6 heteroatoms. The van der Waals surface area contributed by atoms with Gasteiger partial charge < -0.3 is 15.0 Å². The molecule has 0 radical (unpaired) electrons. The summed E-state index contributed by atoms with van der Waals surface area (Å²) in [5.41, 5.74) is 2.08. The summed E-state index contributed by atoms with van der Waals surface area (Å²) in [6.45, 7) is 0.467. The topological polar surface area (TPSA) is 58.6 Å². The van der Waals surface area contributed by atoms with E-state index < -0.39 is 12.1 Å². The molecule has 4 rings (SSSR count). The summed E-state index contributed by atoms with van der Waals surface area (Å²) in [6.07, 6.45) is 0.0321. The van der Waals surface area contributed by atoms with Crippen molar-refractivity contribution in [1.82, 2.24) is 10.2 Å². The van der Waals surface area contributed by atoms with Crippen LogP contribution in [0.25, 0.3) is 0 Å². The van der Waals surface area contributed by atoms with Crippen molar-refractivity contribution in [3.05, 3.63) is 65.7 Å². The van der Waals surface area contributed by atoms with Crippen LogP contribution in [0.3, 0.4) is 0 Å². The lowest BCUT2D eigenvalue weighted by Crippen LogP contribution is -2.50. The lowest BCUT2D eigenvalue weighted by Gasteiger charge is -2.25. The number of hydrogen-bond donors (Lipinski definition) is 1. The summed E-state index contributed by atoms with van der Waals surface area (Å²) in [5, 5.41) is 2.95. The molecule has 1 N–H and O–H groups in total. The first-order valence-electron chi connectivity index (χ1n) is 8.67. The van der Waals surface area contributed by atoms with Gasteiger partial charge in [0, 0.05) is 18.7 Å². The second-order valence-electron chi connectivity index (χ2n) is 6.45. The molecule has 2 aromatic carbocycles. The number of para-hydroxylation sites is 1. The van der Waals surface area contributed by atoms with Gasteiger partial charge in [-0.3, -0.25) is 9.59 Å². The molecule has 0 aromatic heterocycles. The first-order valence-corrected chi connectivity index (χ1v) is 9.82. The van der Waals surface area contributed by atoms with Gasteiger partial charge in [0.2, 0.25) is 5.91 Å². The largest absolute Gasteiger partial charge is 0.480 e. The van der Waals surface area contributed by atoms with Crippen LogP contribution in [0.2, 0.25) is 0 Å². The van der Waals surface area contributed by atoms with Crippen LogP contribution in [0.4, 0.5) is 0 Å². The monoisotopic (exact) mass is 368 g/mol. The third-order valence-electron chi connectivity index (χ3n) is 4.70. The molecular weight excluding hydrogens is 348 g/mol. The Morgan fingerprint density at radius 2 is 1.88 bits per heavy atom. The Kier molecular flexibility index (Phi) is 4.84. The summed E-state index contributed by atoms with van der Waals surface area (Å²) < 4.78 is 5.81. The average Bonchev–Trinajstić information content (AvgIpc) is 3.33. The van der Waals surface area contributed by atoms with Gasteiger partial charge in [0.05, 0.1) is 5.88 Å². The highest BCUT2D eigenvalue weighted by Crippen LogP contribution is 2.31. The van der Waals surface area contributed by atoms with Gasteiger partial charge in [-0.1, -0.05) is 48.5 Å². The van der Waals surface area contributed by atoms with E-state index in [0.717, 1.165) is 16.9 Å². The molecule has 1 fully saturated rings. The number of carbonyl (C=O) groups excluding carboxylic acids is 2. The zero-order valence-corrected chi connectivity index (χ0v) is 15.1. The maximum absolute atomic E-state index is 12.9. The van der Waals surface area contributed by atoms with Crippen molar-refractivity contribution in [2.75, 3.05) is 11.6 Å². The number of amides is 2. The number of hydrogen-bond acceptors (Lipinski definition) is 4. The van der Waals surface area contributed by atoms with Gasteiger partial charge in [-0.05, 0) is 17.2 Å². The molecule has 2 aromatic rings. The summed E-state index contributed by atoms with van der Waals surface area (Å²) in [5.74, 6) is 1.70. The fourth-order valence-electron chi connectivity index (χ4n) is 3.28. The van der Waals surface area contributed by atoms with Crippen molar-refractivity contribution in [2.45, 2.75) is 25.1 Å². The van der Waals surface area contributed by atoms with E-state index in [-0.39, 0.29) is 11.8 Å². The van der Waals surface area contributed by atoms with Crippen molar-refractivity contribution in [1.29, 1.82) is 0 Å². The maximum Gasteiger partial charge on any atom is 0.265 e. The van der Waals surface area contributed by atoms with Crippen LogP contribution in [-0.2, 0) is 22.6 Å². The first kappa shape index (κ1) is 17.0. The fraction of sp³-hybridized carbons (Fsp3) is 0.300. The number of nitrogens with zero attached hydrogens (tertiary/aromatic N) is 1. The Balaban J connectivity index is 1.38. The van der Waals surface area contributed by atoms with E-state index in [1.807, 2.05) is 54.6 Å². The Hall–Kier alpha value is -2.47. The molecule has 2 heterocycles. The Labute approximate surface area is 156 Å². The van der Waals surface area contributed by atoms with Gasteiger partial charge in [0.15, 0.2) is 6.10 Å². The lowest BCUT2D eigenvalue weighted by atomic mass is 10.1. The van der Waals surface area contributed by atoms with E-state index in [2.05, 4.69) is 5.32 Å². The van der Waals surface area contributed by atoms with E-state index in [4.69, 9.17) is 4.74 Å². The SMILES string of the molecule is O=C(NCc1ccccc1)[C@@H]1CSCN1C(=O)[C@@H]1Cc2ccccc2O1. The van der Waals surface area contributed by atoms with E-state index >= 15 is 0 Å². The Morgan fingerprint density at radius 3 is 2.69 bits per heavy atom. The molecule has 2 aliphatic rings. The molecule has 0 unspecified atom stereocenters. The highest BCUT2D eigenvalue weighted by molar-refractivity contribution is 7.99. The van der Waals surface area contributed by atoms with Crippen molar-refractivity contribution in [3.63, 3.8) is 0 Å². The molecule has 1 saturated heterocycles. The zero-order chi connectivity index (χ0) is 17.9. The van der Waals surface area contributed by atoms with Gasteiger partial charge in [0.25, 0.3) is 5.91 Å². The van der Waals surface area contributed by atoms with Crippen LogP contribution < -0.4 is 10.1 Å². The predicted molar refractivity (Wildman–Crippen MR) is 101 cm³/mol. The molecule has 0 bridgehead atoms. The first-order chi connectivity index (χ1) is 12.7.